The summed E-state index contributed by atoms with van der Waals surface area (Å²) in [5, 5.41) is 8.57. The monoisotopic (exact) mass is 152 g/mol. The second kappa shape index (κ2) is 4.03. The van der Waals surface area contributed by atoms with Crippen molar-refractivity contribution in [2.45, 2.75) is 19.8 Å². The van der Waals surface area contributed by atoms with Crippen LogP contribution in [0.3, 0.4) is 0 Å². The highest BCUT2D eigenvalue weighted by Gasteiger charge is 1.94. The Bertz CT molecular complexity index is 208. The predicted octanol–water partition coefficient (Wildman–Crippen LogP) is 0.574. The Morgan fingerprint density at radius 3 is 2.45 bits per heavy atom. The van der Waals surface area contributed by atoms with E-state index < -0.39 is 0 Å². The lowest BCUT2D eigenvalue weighted by atomic mass is 10.3. The number of hydrogen-bond donors (Lipinski definition) is 1. The highest BCUT2D eigenvalue weighted by atomic mass is 16.3. The lowest BCUT2D eigenvalue weighted by Crippen LogP contribution is -1.98. The van der Waals surface area contributed by atoms with Crippen LogP contribution in [-0.4, -0.2) is 21.7 Å². The quantitative estimate of drug-likeness (QED) is 0.689. The molecule has 0 aliphatic carbocycles. The maximum absolute atomic E-state index is 8.57. The first-order valence-electron chi connectivity index (χ1n) is 3.77. The highest BCUT2D eigenvalue weighted by Crippen LogP contribution is 1.96. The minimum atomic E-state index is 0.117. The van der Waals surface area contributed by atoms with E-state index in [1.807, 2.05) is 0 Å². The number of aliphatic hydroxyl groups excluding tert-OH is 1. The number of nitrogens with zero attached hydrogens (tertiary/aromatic N) is 2. The Kier molecular flexibility index (Phi) is 2.98. The van der Waals surface area contributed by atoms with E-state index in [2.05, 4.69) is 16.9 Å². The van der Waals surface area contributed by atoms with Crippen molar-refractivity contribution in [3.05, 3.63) is 23.8 Å². The molecule has 3 nitrogen and oxygen atoms in total. The summed E-state index contributed by atoms with van der Waals surface area (Å²) in [4.78, 5) is 8.14. The van der Waals surface area contributed by atoms with Crippen LogP contribution < -0.4 is 0 Å². The van der Waals surface area contributed by atoms with Gasteiger partial charge in [-0.2, -0.15) is 0 Å². The molecule has 0 aliphatic heterocycles. The van der Waals surface area contributed by atoms with Crippen LogP contribution in [0, 0.1) is 0 Å². The van der Waals surface area contributed by atoms with Crippen LogP contribution in [0.4, 0.5) is 0 Å². The number of hydrogen-bond acceptors (Lipinski definition) is 3. The first kappa shape index (κ1) is 8.14. The van der Waals surface area contributed by atoms with Gasteiger partial charge in [0.1, 0.15) is 5.82 Å². The molecule has 1 heterocycles. The molecule has 0 saturated heterocycles. The molecule has 60 valence electrons. The smallest absolute Gasteiger partial charge is 0.130 e. The molecule has 0 radical (unpaired) electrons. The molecule has 1 rings (SSSR count). The fraction of sp³-hybridized carbons (Fsp3) is 0.500. The minimum absolute atomic E-state index is 0.117. The molecule has 0 fully saturated rings. The van der Waals surface area contributed by atoms with Crippen molar-refractivity contribution in [2.75, 3.05) is 6.61 Å². The maximum Gasteiger partial charge on any atom is 0.130 e. The summed E-state index contributed by atoms with van der Waals surface area (Å²) >= 11 is 0. The van der Waals surface area contributed by atoms with Gasteiger partial charge >= 0.3 is 0 Å². The van der Waals surface area contributed by atoms with Gasteiger partial charge in [0, 0.05) is 18.8 Å². The first-order valence-corrected chi connectivity index (χ1v) is 3.77. The SMILES string of the molecule is CCc1cnc(CCO)nc1. The molecule has 1 aromatic rings. The van der Waals surface area contributed by atoms with Crippen molar-refractivity contribution in [3.8, 4) is 0 Å². The summed E-state index contributed by atoms with van der Waals surface area (Å²) in [6.07, 6.45) is 5.11. The van der Waals surface area contributed by atoms with Gasteiger partial charge in [-0.15, -0.1) is 0 Å². The van der Waals surface area contributed by atoms with E-state index in [0.29, 0.717) is 12.2 Å². The summed E-state index contributed by atoms with van der Waals surface area (Å²) in [7, 11) is 0. The zero-order chi connectivity index (χ0) is 8.10. The molecule has 0 spiro atoms. The van der Waals surface area contributed by atoms with Gasteiger partial charge in [-0.1, -0.05) is 6.92 Å². The van der Waals surface area contributed by atoms with Crippen molar-refractivity contribution < 1.29 is 5.11 Å². The predicted molar refractivity (Wildman–Crippen MR) is 42.2 cm³/mol. The lowest BCUT2D eigenvalue weighted by Gasteiger charge is -1.97. The van der Waals surface area contributed by atoms with Crippen molar-refractivity contribution in [2.24, 2.45) is 0 Å². The number of aliphatic hydroxyl groups is 1. The Morgan fingerprint density at radius 2 is 2.00 bits per heavy atom. The Balaban J connectivity index is 2.66. The third kappa shape index (κ3) is 2.27. The van der Waals surface area contributed by atoms with Gasteiger partial charge < -0.3 is 5.11 Å². The largest absolute Gasteiger partial charge is 0.396 e. The second-order valence-corrected chi connectivity index (χ2v) is 2.33. The maximum atomic E-state index is 8.57. The number of rotatable bonds is 3. The molecule has 0 aliphatic rings. The molecule has 0 saturated carbocycles. The summed E-state index contributed by atoms with van der Waals surface area (Å²) in [6.45, 7) is 2.18. The third-order valence-corrected chi connectivity index (χ3v) is 1.50. The summed E-state index contributed by atoms with van der Waals surface area (Å²) in [5.74, 6) is 0.713. The molecular weight excluding hydrogens is 140 g/mol. The summed E-state index contributed by atoms with van der Waals surface area (Å²) < 4.78 is 0. The van der Waals surface area contributed by atoms with Crippen LogP contribution in [0.15, 0.2) is 12.4 Å². The van der Waals surface area contributed by atoms with Crippen LogP contribution in [0.2, 0.25) is 0 Å². The second-order valence-electron chi connectivity index (χ2n) is 2.33. The van der Waals surface area contributed by atoms with Gasteiger partial charge in [-0.05, 0) is 12.0 Å². The van der Waals surface area contributed by atoms with Crippen LogP contribution >= 0.6 is 0 Å². The van der Waals surface area contributed by atoms with E-state index in [9.17, 15) is 0 Å². The van der Waals surface area contributed by atoms with Gasteiger partial charge in [0.2, 0.25) is 0 Å². The average molecular weight is 152 g/mol. The highest BCUT2D eigenvalue weighted by molar-refractivity contribution is 5.04. The van der Waals surface area contributed by atoms with E-state index >= 15 is 0 Å². The van der Waals surface area contributed by atoms with Crippen molar-refractivity contribution in [1.82, 2.24) is 9.97 Å². The molecule has 11 heavy (non-hydrogen) atoms. The molecule has 1 aromatic heterocycles. The van der Waals surface area contributed by atoms with E-state index in [4.69, 9.17) is 5.11 Å². The van der Waals surface area contributed by atoms with Crippen LogP contribution in [0.1, 0.15) is 18.3 Å². The average Bonchev–Trinajstić information content (AvgIpc) is 2.07. The standard InChI is InChI=1S/C8H12N2O/c1-2-7-5-9-8(3-4-11)10-6-7/h5-6,11H,2-4H2,1H3. The zero-order valence-corrected chi connectivity index (χ0v) is 6.62. The van der Waals surface area contributed by atoms with Gasteiger partial charge in [-0.3, -0.25) is 0 Å². The molecule has 0 unspecified atom stereocenters. The summed E-state index contributed by atoms with van der Waals surface area (Å²) in [6, 6.07) is 0. The number of aromatic nitrogens is 2. The third-order valence-electron chi connectivity index (χ3n) is 1.50. The molecule has 1 N–H and O–H groups in total. The first-order chi connectivity index (χ1) is 5.36. The molecule has 0 amide bonds. The van der Waals surface area contributed by atoms with Crippen molar-refractivity contribution in [1.29, 1.82) is 0 Å². The molecular formula is C8H12N2O. The van der Waals surface area contributed by atoms with Gasteiger partial charge in [-0.25, -0.2) is 9.97 Å². The van der Waals surface area contributed by atoms with Crippen LogP contribution in [0.5, 0.6) is 0 Å². The van der Waals surface area contributed by atoms with Gasteiger partial charge in [0.05, 0.1) is 6.61 Å². The zero-order valence-electron chi connectivity index (χ0n) is 6.62. The number of aryl methyl sites for hydroxylation is 1. The van der Waals surface area contributed by atoms with Gasteiger partial charge in [0.25, 0.3) is 0 Å². The Hall–Kier alpha value is -0.960. The summed E-state index contributed by atoms with van der Waals surface area (Å²) in [5.41, 5.74) is 1.13. The fourth-order valence-electron chi connectivity index (χ4n) is 0.793. The van der Waals surface area contributed by atoms with Gasteiger partial charge in [0.15, 0.2) is 0 Å². The molecule has 0 bridgehead atoms. The van der Waals surface area contributed by atoms with E-state index in [1.54, 1.807) is 12.4 Å². The van der Waals surface area contributed by atoms with E-state index in [1.165, 1.54) is 0 Å². The van der Waals surface area contributed by atoms with E-state index in [0.717, 1.165) is 12.0 Å². The Morgan fingerprint density at radius 1 is 1.36 bits per heavy atom. The molecule has 0 aromatic carbocycles. The van der Waals surface area contributed by atoms with Crippen molar-refractivity contribution in [3.63, 3.8) is 0 Å². The fourth-order valence-corrected chi connectivity index (χ4v) is 0.793. The van der Waals surface area contributed by atoms with Crippen molar-refractivity contribution >= 4 is 0 Å². The Labute approximate surface area is 66.1 Å². The van der Waals surface area contributed by atoms with Crippen LogP contribution in [-0.2, 0) is 12.8 Å². The van der Waals surface area contributed by atoms with Crippen LogP contribution in [0.25, 0.3) is 0 Å². The van der Waals surface area contributed by atoms with E-state index in [-0.39, 0.29) is 6.61 Å². The minimum Gasteiger partial charge on any atom is -0.396 e. The topological polar surface area (TPSA) is 46.0 Å². The normalized spacial score (nSPS) is 10.0. The molecule has 0 atom stereocenters. The molecule has 3 heteroatoms. The lowest BCUT2D eigenvalue weighted by molar-refractivity contribution is 0.296.